The van der Waals surface area contributed by atoms with Crippen LogP contribution in [0.15, 0.2) is 30.4 Å². The van der Waals surface area contributed by atoms with Crippen LogP contribution in [0.5, 0.6) is 0 Å². The molecule has 0 saturated carbocycles. The molecule has 104 valence electrons. The molecule has 0 radical (unpaired) electrons. The number of amides is 2. The summed E-state index contributed by atoms with van der Waals surface area (Å²) < 4.78 is 0. The van der Waals surface area contributed by atoms with Crippen molar-refractivity contribution < 1.29 is 9.59 Å². The summed E-state index contributed by atoms with van der Waals surface area (Å²) in [4.78, 5) is 24.0. The average molecular weight is 270 g/mol. The van der Waals surface area contributed by atoms with Crippen LogP contribution in [0.3, 0.4) is 0 Å². The maximum absolute atomic E-state index is 12.2. The van der Waals surface area contributed by atoms with E-state index < -0.39 is 0 Å². The quantitative estimate of drug-likeness (QED) is 0.810. The van der Waals surface area contributed by atoms with Crippen LogP contribution in [-0.2, 0) is 11.2 Å². The molecule has 4 heteroatoms. The van der Waals surface area contributed by atoms with Crippen molar-refractivity contribution in [2.24, 2.45) is 5.92 Å². The summed E-state index contributed by atoms with van der Waals surface area (Å²) in [6.07, 6.45) is 7.69. The van der Waals surface area contributed by atoms with Crippen LogP contribution < -0.4 is 10.6 Å². The Morgan fingerprint density at radius 1 is 1.30 bits per heavy atom. The van der Waals surface area contributed by atoms with Gasteiger partial charge in [0.2, 0.25) is 5.91 Å². The van der Waals surface area contributed by atoms with Gasteiger partial charge < -0.3 is 10.6 Å². The van der Waals surface area contributed by atoms with Crippen LogP contribution in [-0.4, -0.2) is 18.4 Å². The number of rotatable bonds is 2. The van der Waals surface area contributed by atoms with Gasteiger partial charge in [0, 0.05) is 23.7 Å². The maximum Gasteiger partial charge on any atom is 0.251 e. The lowest BCUT2D eigenvalue weighted by molar-refractivity contribution is -0.120. The Morgan fingerprint density at radius 3 is 3.00 bits per heavy atom. The lowest BCUT2D eigenvalue weighted by atomic mass is 9.93. The summed E-state index contributed by atoms with van der Waals surface area (Å²) in [6, 6.07) is 5.60. The highest BCUT2D eigenvalue weighted by molar-refractivity contribution is 5.99. The summed E-state index contributed by atoms with van der Waals surface area (Å²) in [5.74, 6) is 0.0401. The molecule has 0 unspecified atom stereocenters. The van der Waals surface area contributed by atoms with Gasteiger partial charge in [0.1, 0.15) is 0 Å². The predicted octanol–water partition coefficient (Wildman–Crippen LogP) is 2.27. The molecule has 0 bridgehead atoms. The lowest BCUT2D eigenvalue weighted by Gasteiger charge is -2.19. The molecule has 1 atom stereocenters. The molecule has 0 saturated heterocycles. The first kappa shape index (κ1) is 12.9. The minimum Gasteiger partial charge on any atom is -0.352 e. The Morgan fingerprint density at radius 2 is 2.20 bits per heavy atom. The zero-order valence-electron chi connectivity index (χ0n) is 11.3. The molecule has 0 aromatic heterocycles. The van der Waals surface area contributed by atoms with Gasteiger partial charge in [-0.1, -0.05) is 18.2 Å². The molecule has 2 aliphatic rings. The fourth-order valence-electron chi connectivity index (χ4n) is 2.77. The molecule has 20 heavy (non-hydrogen) atoms. The van der Waals surface area contributed by atoms with Crippen LogP contribution in [0.2, 0.25) is 0 Å². The standard InChI is InChI=1S/C16H18N2O2/c19-15(12-4-2-1-3-5-12)18-13-7-6-11-8-9-17-16(20)14(11)10-13/h1-2,6-7,10,12H,3-5,8-9H2,(H,17,20)(H,18,19)/t12-/m1/s1. The minimum absolute atomic E-state index is 0.0462. The Balaban J connectivity index is 1.74. The van der Waals surface area contributed by atoms with E-state index in [1.165, 1.54) is 0 Å². The molecule has 2 N–H and O–H groups in total. The number of carbonyl (C=O) groups excluding carboxylic acids is 2. The summed E-state index contributed by atoms with van der Waals surface area (Å²) in [5, 5.41) is 5.75. The third kappa shape index (κ3) is 2.59. The van der Waals surface area contributed by atoms with E-state index in [9.17, 15) is 9.59 Å². The maximum atomic E-state index is 12.2. The molecule has 3 rings (SSSR count). The Kier molecular flexibility index (Phi) is 3.54. The smallest absolute Gasteiger partial charge is 0.251 e. The number of fused-ring (bicyclic) bond motifs is 1. The summed E-state index contributed by atoms with van der Waals surface area (Å²) in [7, 11) is 0. The zero-order chi connectivity index (χ0) is 13.9. The van der Waals surface area contributed by atoms with Gasteiger partial charge >= 0.3 is 0 Å². The highest BCUT2D eigenvalue weighted by Gasteiger charge is 2.20. The van der Waals surface area contributed by atoms with Crippen molar-refractivity contribution in [3.63, 3.8) is 0 Å². The van der Waals surface area contributed by atoms with Crippen molar-refractivity contribution in [2.75, 3.05) is 11.9 Å². The molecule has 1 aromatic rings. The van der Waals surface area contributed by atoms with E-state index >= 15 is 0 Å². The van der Waals surface area contributed by atoms with Crippen molar-refractivity contribution in [2.45, 2.75) is 25.7 Å². The molecule has 1 heterocycles. The normalized spacial score (nSPS) is 21.0. The molecular weight excluding hydrogens is 252 g/mol. The molecule has 0 spiro atoms. The van der Waals surface area contributed by atoms with Gasteiger partial charge in [0.25, 0.3) is 5.91 Å². The number of hydrogen-bond donors (Lipinski definition) is 2. The van der Waals surface area contributed by atoms with E-state index in [-0.39, 0.29) is 17.7 Å². The first-order valence-corrected chi connectivity index (χ1v) is 7.11. The monoisotopic (exact) mass is 270 g/mol. The second-order valence-corrected chi connectivity index (χ2v) is 5.35. The Bertz CT molecular complexity index is 578. The second-order valence-electron chi connectivity index (χ2n) is 5.35. The predicted molar refractivity (Wildman–Crippen MR) is 77.6 cm³/mol. The average Bonchev–Trinajstić information content (AvgIpc) is 2.49. The number of hydrogen-bond acceptors (Lipinski definition) is 2. The van der Waals surface area contributed by atoms with Crippen LogP contribution in [0.1, 0.15) is 35.2 Å². The minimum atomic E-state index is -0.0528. The number of anilines is 1. The summed E-state index contributed by atoms with van der Waals surface area (Å²) in [5.41, 5.74) is 2.44. The molecule has 1 aliphatic carbocycles. The first-order chi connectivity index (χ1) is 9.74. The van der Waals surface area contributed by atoms with Gasteiger partial charge in [0.05, 0.1) is 0 Å². The zero-order valence-corrected chi connectivity index (χ0v) is 11.3. The second kappa shape index (κ2) is 5.49. The Hall–Kier alpha value is -2.10. The fourth-order valence-corrected chi connectivity index (χ4v) is 2.77. The largest absolute Gasteiger partial charge is 0.352 e. The third-order valence-corrected chi connectivity index (χ3v) is 3.94. The van der Waals surface area contributed by atoms with Crippen LogP contribution >= 0.6 is 0 Å². The van der Waals surface area contributed by atoms with E-state index in [1.807, 2.05) is 12.1 Å². The van der Waals surface area contributed by atoms with Gasteiger partial charge in [-0.3, -0.25) is 9.59 Å². The first-order valence-electron chi connectivity index (χ1n) is 7.11. The van der Waals surface area contributed by atoms with Crippen molar-refractivity contribution in [3.05, 3.63) is 41.5 Å². The van der Waals surface area contributed by atoms with Crippen molar-refractivity contribution >= 4 is 17.5 Å². The molecule has 1 aliphatic heterocycles. The molecule has 1 aromatic carbocycles. The van der Waals surface area contributed by atoms with Crippen molar-refractivity contribution in [1.29, 1.82) is 0 Å². The summed E-state index contributed by atoms with van der Waals surface area (Å²) >= 11 is 0. The van der Waals surface area contributed by atoms with Crippen LogP contribution in [0.4, 0.5) is 5.69 Å². The van der Waals surface area contributed by atoms with Gasteiger partial charge in [-0.25, -0.2) is 0 Å². The summed E-state index contributed by atoms with van der Waals surface area (Å²) in [6.45, 7) is 0.686. The van der Waals surface area contributed by atoms with Crippen molar-refractivity contribution in [1.82, 2.24) is 5.32 Å². The highest BCUT2D eigenvalue weighted by Crippen LogP contribution is 2.22. The number of carbonyl (C=O) groups is 2. The van der Waals surface area contributed by atoms with Gasteiger partial charge in [0.15, 0.2) is 0 Å². The third-order valence-electron chi connectivity index (χ3n) is 3.94. The Labute approximate surface area is 118 Å². The number of nitrogens with one attached hydrogen (secondary N) is 2. The van der Waals surface area contributed by atoms with E-state index in [0.717, 1.165) is 31.2 Å². The van der Waals surface area contributed by atoms with E-state index in [1.54, 1.807) is 6.07 Å². The lowest BCUT2D eigenvalue weighted by Crippen LogP contribution is -2.32. The van der Waals surface area contributed by atoms with E-state index in [0.29, 0.717) is 17.8 Å². The fraction of sp³-hybridized carbons (Fsp3) is 0.375. The highest BCUT2D eigenvalue weighted by atomic mass is 16.2. The van der Waals surface area contributed by atoms with Crippen LogP contribution in [0, 0.1) is 5.92 Å². The number of allylic oxidation sites excluding steroid dienone is 2. The molecule has 2 amide bonds. The van der Waals surface area contributed by atoms with Gasteiger partial charge in [-0.15, -0.1) is 0 Å². The van der Waals surface area contributed by atoms with Crippen molar-refractivity contribution in [3.8, 4) is 0 Å². The number of benzene rings is 1. The van der Waals surface area contributed by atoms with Gasteiger partial charge in [-0.05, 0) is 43.4 Å². The van der Waals surface area contributed by atoms with Crippen LogP contribution in [0.25, 0.3) is 0 Å². The molecular formula is C16H18N2O2. The SMILES string of the molecule is O=C1NCCc2ccc(NC(=O)[C@@H]3CC=CCC3)cc21. The van der Waals surface area contributed by atoms with E-state index in [4.69, 9.17) is 0 Å². The molecule has 0 fully saturated rings. The van der Waals surface area contributed by atoms with Gasteiger partial charge in [-0.2, -0.15) is 0 Å². The van der Waals surface area contributed by atoms with E-state index in [2.05, 4.69) is 22.8 Å². The topological polar surface area (TPSA) is 58.2 Å². The molecule has 4 nitrogen and oxygen atoms in total.